The summed E-state index contributed by atoms with van der Waals surface area (Å²) in [5.41, 5.74) is 0.608. The minimum atomic E-state index is 0.608. The van der Waals surface area contributed by atoms with Gasteiger partial charge in [-0.15, -0.1) is 0 Å². The summed E-state index contributed by atoms with van der Waals surface area (Å²) < 4.78 is 1.73. The quantitative estimate of drug-likeness (QED) is 0.515. The molecule has 1 aromatic rings. The largest absolute Gasteiger partial charge is 0.285 e. The van der Waals surface area contributed by atoms with Gasteiger partial charge < -0.3 is 0 Å². The fourth-order valence-electron chi connectivity index (χ4n) is 0.583. The zero-order chi connectivity index (χ0) is 6.69. The van der Waals surface area contributed by atoms with E-state index in [1.807, 2.05) is 6.92 Å². The first-order valence-corrected chi connectivity index (χ1v) is 2.76. The molecular formula is C6H7N3. The Morgan fingerprint density at radius 1 is 1.89 bits per heavy atom. The number of aryl methyl sites for hydroxylation is 1. The van der Waals surface area contributed by atoms with Crippen LogP contribution >= 0.6 is 0 Å². The molecule has 46 valence electrons. The fourth-order valence-corrected chi connectivity index (χ4v) is 0.583. The summed E-state index contributed by atoms with van der Waals surface area (Å²) in [7, 11) is 0. The lowest BCUT2D eigenvalue weighted by molar-refractivity contribution is 0.660. The van der Waals surface area contributed by atoms with E-state index in [9.17, 15) is 0 Å². The fraction of sp³-hybridized carbons (Fsp3) is 0.333. The SMILES string of the molecule is [C-]#[N+]c1cnn(CC)c1. The summed E-state index contributed by atoms with van der Waals surface area (Å²) in [5, 5.41) is 3.91. The standard InChI is InChI=1S/C6H7N3/c1-3-9-5-6(7-2)4-8-9/h4-5H,3H2,1H3. The molecule has 0 aromatic carbocycles. The zero-order valence-corrected chi connectivity index (χ0v) is 5.20. The van der Waals surface area contributed by atoms with Crippen molar-refractivity contribution in [2.24, 2.45) is 0 Å². The van der Waals surface area contributed by atoms with Crippen molar-refractivity contribution in [3.63, 3.8) is 0 Å². The van der Waals surface area contributed by atoms with Crippen molar-refractivity contribution in [1.82, 2.24) is 9.78 Å². The molecule has 0 bridgehead atoms. The van der Waals surface area contributed by atoms with E-state index in [-0.39, 0.29) is 0 Å². The highest BCUT2D eigenvalue weighted by molar-refractivity contribution is 5.38. The molecule has 0 fully saturated rings. The first-order chi connectivity index (χ1) is 4.36. The number of nitrogens with zero attached hydrogens (tertiary/aromatic N) is 3. The first-order valence-electron chi connectivity index (χ1n) is 2.76. The van der Waals surface area contributed by atoms with E-state index in [4.69, 9.17) is 6.57 Å². The molecule has 1 heterocycles. The van der Waals surface area contributed by atoms with Crippen LogP contribution in [0.1, 0.15) is 6.92 Å². The average molecular weight is 121 g/mol. The predicted molar refractivity (Wildman–Crippen MR) is 34.2 cm³/mol. The third-order valence-electron chi connectivity index (χ3n) is 1.07. The molecular weight excluding hydrogens is 114 g/mol. The normalized spacial score (nSPS) is 8.89. The van der Waals surface area contributed by atoms with Crippen molar-refractivity contribution in [3.8, 4) is 0 Å². The zero-order valence-electron chi connectivity index (χ0n) is 5.20. The number of aromatic nitrogens is 2. The van der Waals surface area contributed by atoms with Crippen LogP contribution in [0.15, 0.2) is 12.4 Å². The Morgan fingerprint density at radius 3 is 3.00 bits per heavy atom. The molecule has 0 N–H and O–H groups in total. The van der Waals surface area contributed by atoms with Gasteiger partial charge in [-0.1, -0.05) is 0 Å². The Balaban J connectivity index is 2.90. The van der Waals surface area contributed by atoms with Crippen LogP contribution in [0, 0.1) is 6.57 Å². The maximum absolute atomic E-state index is 6.60. The second kappa shape index (κ2) is 2.31. The third kappa shape index (κ3) is 1.08. The lowest BCUT2D eigenvalue weighted by atomic mass is 10.6. The highest BCUT2D eigenvalue weighted by Gasteiger charge is 1.91. The molecule has 0 aliphatic heterocycles. The Morgan fingerprint density at radius 2 is 2.67 bits per heavy atom. The number of hydrogen-bond donors (Lipinski definition) is 0. The minimum Gasteiger partial charge on any atom is -0.285 e. The van der Waals surface area contributed by atoms with E-state index in [2.05, 4.69) is 9.94 Å². The van der Waals surface area contributed by atoms with E-state index in [1.54, 1.807) is 17.1 Å². The van der Waals surface area contributed by atoms with Crippen LogP contribution in [-0.2, 0) is 6.54 Å². The molecule has 0 aliphatic carbocycles. The molecule has 0 aliphatic rings. The van der Waals surface area contributed by atoms with E-state index in [0.717, 1.165) is 6.54 Å². The molecule has 0 saturated heterocycles. The summed E-state index contributed by atoms with van der Waals surface area (Å²) in [6, 6.07) is 0. The lowest BCUT2D eigenvalue weighted by Gasteiger charge is -1.88. The molecule has 3 heteroatoms. The summed E-state index contributed by atoms with van der Waals surface area (Å²) in [5.74, 6) is 0. The Kier molecular flexibility index (Phi) is 1.50. The van der Waals surface area contributed by atoms with Gasteiger partial charge in [0.2, 0.25) is 5.69 Å². The summed E-state index contributed by atoms with van der Waals surface area (Å²) in [6.07, 6.45) is 3.30. The number of hydrogen-bond acceptors (Lipinski definition) is 1. The highest BCUT2D eigenvalue weighted by Crippen LogP contribution is 2.07. The Bertz CT molecular complexity index is 231. The van der Waals surface area contributed by atoms with Crippen LogP contribution < -0.4 is 0 Å². The van der Waals surface area contributed by atoms with Gasteiger partial charge in [0.25, 0.3) is 0 Å². The van der Waals surface area contributed by atoms with Gasteiger partial charge in [0.05, 0.1) is 12.8 Å². The Labute approximate surface area is 53.7 Å². The van der Waals surface area contributed by atoms with Gasteiger partial charge in [-0.3, -0.25) is 4.68 Å². The van der Waals surface area contributed by atoms with Crippen LogP contribution in [0.5, 0.6) is 0 Å². The summed E-state index contributed by atoms with van der Waals surface area (Å²) >= 11 is 0. The molecule has 0 atom stereocenters. The lowest BCUT2D eigenvalue weighted by Crippen LogP contribution is -1.91. The summed E-state index contributed by atoms with van der Waals surface area (Å²) in [4.78, 5) is 3.21. The van der Waals surface area contributed by atoms with E-state index in [1.165, 1.54) is 0 Å². The second-order valence-electron chi connectivity index (χ2n) is 1.67. The van der Waals surface area contributed by atoms with Crippen molar-refractivity contribution in [1.29, 1.82) is 0 Å². The molecule has 0 unspecified atom stereocenters. The second-order valence-corrected chi connectivity index (χ2v) is 1.67. The smallest absolute Gasteiger partial charge is 0.224 e. The monoisotopic (exact) mass is 121 g/mol. The van der Waals surface area contributed by atoms with Gasteiger partial charge in [-0.2, -0.15) is 5.10 Å². The van der Waals surface area contributed by atoms with Crippen molar-refractivity contribution in [2.45, 2.75) is 13.5 Å². The van der Waals surface area contributed by atoms with Crippen molar-refractivity contribution in [2.75, 3.05) is 0 Å². The molecule has 1 rings (SSSR count). The van der Waals surface area contributed by atoms with Crippen LogP contribution in [0.25, 0.3) is 4.85 Å². The van der Waals surface area contributed by atoms with Gasteiger partial charge >= 0.3 is 0 Å². The first kappa shape index (κ1) is 5.83. The maximum atomic E-state index is 6.60. The van der Waals surface area contributed by atoms with Crippen molar-refractivity contribution >= 4 is 5.69 Å². The van der Waals surface area contributed by atoms with E-state index in [0.29, 0.717) is 5.69 Å². The molecule has 0 radical (unpaired) electrons. The topological polar surface area (TPSA) is 22.2 Å². The third-order valence-corrected chi connectivity index (χ3v) is 1.07. The van der Waals surface area contributed by atoms with Gasteiger partial charge in [-0.25, -0.2) is 4.85 Å². The van der Waals surface area contributed by atoms with Gasteiger partial charge in [-0.05, 0) is 6.92 Å². The van der Waals surface area contributed by atoms with Crippen LogP contribution in [-0.4, -0.2) is 9.78 Å². The summed E-state index contributed by atoms with van der Waals surface area (Å²) in [6.45, 7) is 9.42. The minimum absolute atomic E-state index is 0.608. The molecule has 3 nitrogen and oxygen atoms in total. The number of rotatable bonds is 1. The van der Waals surface area contributed by atoms with E-state index >= 15 is 0 Å². The van der Waals surface area contributed by atoms with Crippen molar-refractivity contribution in [3.05, 3.63) is 23.8 Å². The highest BCUT2D eigenvalue weighted by atomic mass is 15.3. The molecule has 9 heavy (non-hydrogen) atoms. The average Bonchev–Trinajstić information content (AvgIpc) is 2.34. The predicted octanol–water partition coefficient (Wildman–Crippen LogP) is 1.45. The molecule has 0 saturated carbocycles. The van der Waals surface area contributed by atoms with Crippen molar-refractivity contribution < 1.29 is 0 Å². The van der Waals surface area contributed by atoms with E-state index < -0.39 is 0 Å². The maximum Gasteiger partial charge on any atom is 0.224 e. The van der Waals surface area contributed by atoms with Gasteiger partial charge in [0.15, 0.2) is 0 Å². The Hall–Kier alpha value is -1.30. The van der Waals surface area contributed by atoms with Gasteiger partial charge in [0.1, 0.15) is 0 Å². The van der Waals surface area contributed by atoms with Crippen LogP contribution in [0.3, 0.4) is 0 Å². The molecule has 0 amide bonds. The van der Waals surface area contributed by atoms with Gasteiger partial charge in [0, 0.05) is 12.7 Å². The molecule has 1 aromatic heterocycles. The van der Waals surface area contributed by atoms with Crippen LogP contribution in [0.2, 0.25) is 0 Å². The van der Waals surface area contributed by atoms with Crippen LogP contribution in [0.4, 0.5) is 5.69 Å². The molecule has 0 spiro atoms.